The maximum atomic E-state index is 5.46. The molecule has 3 rings (SSSR count). The zero-order valence-electron chi connectivity index (χ0n) is 12.6. The van der Waals surface area contributed by atoms with E-state index < -0.39 is 0 Å². The van der Waals surface area contributed by atoms with Crippen LogP contribution >= 0.6 is 12.2 Å². The Morgan fingerprint density at radius 3 is 2.71 bits per heavy atom. The first-order valence-electron chi connectivity index (χ1n) is 7.25. The molecule has 110 valence electrons. The number of rotatable bonds is 4. The zero-order chi connectivity index (χ0) is 15.0. The van der Waals surface area contributed by atoms with Gasteiger partial charge >= 0.3 is 0 Å². The Labute approximate surface area is 129 Å². The molecule has 0 amide bonds. The maximum absolute atomic E-state index is 5.46. The molecule has 5 heteroatoms. The summed E-state index contributed by atoms with van der Waals surface area (Å²) in [5.41, 5.74) is 4.50. The summed E-state index contributed by atoms with van der Waals surface area (Å²) in [5.74, 6) is 0.507. The minimum atomic E-state index is 0.507. The molecule has 2 heterocycles. The van der Waals surface area contributed by atoms with Gasteiger partial charge in [0.25, 0.3) is 0 Å². The summed E-state index contributed by atoms with van der Waals surface area (Å²) in [4.78, 5) is 3.27. The molecule has 0 spiro atoms. The van der Waals surface area contributed by atoms with Crippen molar-refractivity contribution in [3.05, 3.63) is 46.4 Å². The Morgan fingerprint density at radius 1 is 1.29 bits per heavy atom. The number of aromatic nitrogens is 4. The lowest BCUT2D eigenvalue weighted by Gasteiger charge is -2.12. The van der Waals surface area contributed by atoms with E-state index in [-0.39, 0.29) is 0 Å². The van der Waals surface area contributed by atoms with Crippen molar-refractivity contribution in [2.24, 2.45) is 7.05 Å². The van der Waals surface area contributed by atoms with E-state index in [1.54, 1.807) is 0 Å². The first kappa shape index (κ1) is 14.1. The van der Waals surface area contributed by atoms with Crippen molar-refractivity contribution in [2.45, 2.75) is 32.7 Å². The van der Waals surface area contributed by atoms with Gasteiger partial charge < -0.3 is 9.55 Å². The highest BCUT2D eigenvalue weighted by Gasteiger charge is 2.13. The van der Waals surface area contributed by atoms with Gasteiger partial charge in [-0.2, -0.15) is 5.10 Å². The molecule has 21 heavy (non-hydrogen) atoms. The van der Waals surface area contributed by atoms with E-state index in [0.717, 1.165) is 34.6 Å². The number of nitrogens with one attached hydrogen (secondary N) is 1. The van der Waals surface area contributed by atoms with Gasteiger partial charge in [0.05, 0.1) is 5.69 Å². The van der Waals surface area contributed by atoms with Gasteiger partial charge in [0.1, 0.15) is 5.52 Å². The van der Waals surface area contributed by atoms with Crippen molar-refractivity contribution < 1.29 is 0 Å². The van der Waals surface area contributed by atoms with Crippen LogP contribution < -0.4 is 0 Å². The Morgan fingerprint density at radius 2 is 2.00 bits per heavy atom. The van der Waals surface area contributed by atoms with E-state index in [0.29, 0.717) is 5.92 Å². The third kappa shape index (κ3) is 2.53. The fraction of sp³-hybridized carbons (Fsp3) is 0.375. The van der Waals surface area contributed by atoms with Crippen LogP contribution in [-0.4, -0.2) is 19.3 Å². The Balaban J connectivity index is 1.86. The molecule has 1 atom stereocenters. The third-order valence-electron chi connectivity index (χ3n) is 4.08. The summed E-state index contributed by atoms with van der Waals surface area (Å²) >= 11 is 5.46. The van der Waals surface area contributed by atoms with Crippen LogP contribution in [0, 0.1) is 11.7 Å². The number of benzene rings is 1. The molecule has 1 N–H and O–H groups in total. The normalized spacial score (nSPS) is 12.9. The van der Waals surface area contributed by atoms with E-state index in [1.165, 1.54) is 5.56 Å². The molecular weight excluding hydrogens is 280 g/mol. The highest BCUT2D eigenvalue weighted by atomic mass is 32.1. The first-order chi connectivity index (χ1) is 10.1. The van der Waals surface area contributed by atoms with Gasteiger partial charge in [-0.1, -0.05) is 37.3 Å². The molecule has 0 aliphatic heterocycles. The fourth-order valence-corrected chi connectivity index (χ4v) is 3.13. The lowest BCUT2D eigenvalue weighted by atomic mass is 9.98. The number of aryl methyl sites for hydroxylation is 3. The van der Waals surface area contributed by atoms with Gasteiger partial charge in [0.2, 0.25) is 0 Å². The summed E-state index contributed by atoms with van der Waals surface area (Å²) < 4.78 is 4.84. The molecule has 1 unspecified atom stereocenters. The topological polar surface area (TPSA) is 38.5 Å². The van der Waals surface area contributed by atoms with E-state index in [1.807, 2.05) is 18.7 Å². The number of hydrogen-bond acceptors (Lipinski definition) is 2. The van der Waals surface area contributed by atoms with Crippen molar-refractivity contribution in [1.29, 1.82) is 0 Å². The van der Waals surface area contributed by atoms with Crippen molar-refractivity contribution in [2.75, 3.05) is 0 Å². The van der Waals surface area contributed by atoms with Gasteiger partial charge in [-0.25, -0.2) is 0 Å². The molecule has 0 saturated carbocycles. The number of imidazole rings is 1. The molecule has 1 aromatic carbocycles. The largest absolute Gasteiger partial charge is 0.328 e. The van der Waals surface area contributed by atoms with Gasteiger partial charge in [-0.05, 0) is 37.0 Å². The number of H-pyrrole nitrogens is 1. The molecule has 0 fully saturated rings. The van der Waals surface area contributed by atoms with Crippen LogP contribution in [0.3, 0.4) is 0 Å². The second-order valence-electron chi connectivity index (χ2n) is 5.59. The number of nitrogens with zero attached hydrogens (tertiary/aromatic N) is 3. The van der Waals surface area contributed by atoms with Crippen LogP contribution in [0.4, 0.5) is 0 Å². The standard InChI is InChI=1S/C16H20N4S/c1-11(13-7-5-4-6-8-13)9-10-20-15-14(17-16(20)21)12(2)18-19(15)3/h4-8,11H,9-10H2,1-3H3,(H,17,21). The van der Waals surface area contributed by atoms with Crippen molar-refractivity contribution in [1.82, 2.24) is 19.3 Å². The molecule has 4 nitrogen and oxygen atoms in total. The van der Waals surface area contributed by atoms with Gasteiger partial charge in [0, 0.05) is 13.6 Å². The van der Waals surface area contributed by atoms with Crippen LogP contribution in [0.1, 0.15) is 30.5 Å². The highest BCUT2D eigenvalue weighted by Crippen LogP contribution is 2.22. The van der Waals surface area contributed by atoms with Crippen LogP contribution in [0.15, 0.2) is 30.3 Å². The van der Waals surface area contributed by atoms with Crippen LogP contribution in [-0.2, 0) is 13.6 Å². The fourth-order valence-electron chi connectivity index (χ4n) is 2.85. The second kappa shape index (κ2) is 5.48. The highest BCUT2D eigenvalue weighted by molar-refractivity contribution is 7.71. The summed E-state index contributed by atoms with van der Waals surface area (Å²) in [6, 6.07) is 10.6. The monoisotopic (exact) mass is 300 g/mol. The average molecular weight is 300 g/mol. The Hall–Kier alpha value is -1.88. The second-order valence-corrected chi connectivity index (χ2v) is 5.98. The smallest absolute Gasteiger partial charge is 0.179 e. The SMILES string of the molecule is Cc1nn(C)c2c1[nH]c(=S)n2CCC(C)c1ccccc1. The Bertz CT molecular complexity index is 810. The molecule has 2 aromatic heterocycles. The zero-order valence-corrected chi connectivity index (χ0v) is 13.4. The van der Waals surface area contributed by atoms with Gasteiger partial charge in [0.15, 0.2) is 10.4 Å². The maximum Gasteiger partial charge on any atom is 0.179 e. The lowest BCUT2D eigenvalue weighted by molar-refractivity contribution is 0.570. The molecule has 3 aromatic rings. The van der Waals surface area contributed by atoms with Crippen molar-refractivity contribution >= 4 is 23.4 Å². The van der Waals surface area contributed by atoms with E-state index in [9.17, 15) is 0 Å². The summed E-state index contributed by atoms with van der Waals surface area (Å²) in [6.45, 7) is 5.16. The predicted octanol–water partition coefficient (Wildman–Crippen LogP) is 3.93. The molecular formula is C16H20N4S. The minimum absolute atomic E-state index is 0.507. The van der Waals surface area contributed by atoms with Crippen LogP contribution in [0.2, 0.25) is 0 Å². The van der Waals surface area contributed by atoms with Crippen molar-refractivity contribution in [3.8, 4) is 0 Å². The first-order valence-corrected chi connectivity index (χ1v) is 7.66. The molecule has 0 aliphatic rings. The molecule has 0 radical (unpaired) electrons. The minimum Gasteiger partial charge on any atom is -0.328 e. The molecule has 0 aliphatic carbocycles. The summed E-state index contributed by atoms with van der Waals surface area (Å²) in [7, 11) is 1.97. The summed E-state index contributed by atoms with van der Waals surface area (Å²) in [5, 5.41) is 4.46. The number of fused-ring (bicyclic) bond motifs is 1. The van der Waals surface area contributed by atoms with E-state index >= 15 is 0 Å². The average Bonchev–Trinajstić information content (AvgIpc) is 2.95. The van der Waals surface area contributed by atoms with E-state index in [4.69, 9.17) is 12.2 Å². The lowest BCUT2D eigenvalue weighted by Crippen LogP contribution is -2.06. The number of aromatic amines is 1. The van der Waals surface area contributed by atoms with Crippen molar-refractivity contribution in [3.63, 3.8) is 0 Å². The van der Waals surface area contributed by atoms with E-state index in [2.05, 4.69) is 51.9 Å². The third-order valence-corrected chi connectivity index (χ3v) is 4.40. The van der Waals surface area contributed by atoms with Crippen LogP contribution in [0.25, 0.3) is 11.2 Å². The number of hydrogen-bond donors (Lipinski definition) is 1. The molecule has 0 saturated heterocycles. The molecule has 0 bridgehead atoms. The Kier molecular flexibility index (Phi) is 3.68. The van der Waals surface area contributed by atoms with Gasteiger partial charge in [-0.15, -0.1) is 0 Å². The van der Waals surface area contributed by atoms with Gasteiger partial charge in [-0.3, -0.25) is 4.68 Å². The van der Waals surface area contributed by atoms with Crippen LogP contribution in [0.5, 0.6) is 0 Å². The quantitative estimate of drug-likeness (QED) is 0.741. The predicted molar refractivity (Wildman–Crippen MR) is 88.1 cm³/mol. The summed E-state index contributed by atoms with van der Waals surface area (Å²) in [6.07, 6.45) is 1.05.